The monoisotopic (exact) mass is 342 g/mol. The standard InChI is InChI=1S/C20H16B2O4/c23-21(24)18-12-14-7-2-4-10-16(14)19(20(18)22(25)26)17-11-5-8-13-6-1-3-9-15(13)17/h1-12,23-26H. The van der Waals surface area contributed by atoms with Gasteiger partial charge >= 0.3 is 14.2 Å². The molecule has 0 aliphatic rings. The molecule has 26 heavy (non-hydrogen) atoms. The van der Waals surface area contributed by atoms with Crippen LogP contribution in [0.4, 0.5) is 0 Å². The van der Waals surface area contributed by atoms with Crippen LogP contribution >= 0.6 is 0 Å². The minimum absolute atomic E-state index is 0.0848. The Bertz CT molecular complexity index is 1100. The predicted octanol–water partition coefficient (Wildman–Crippen LogP) is 1.02. The van der Waals surface area contributed by atoms with E-state index in [0.29, 0.717) is 5.56 Å². The summed E-state index contributed by atoms with van der Waals surface area (Å²) in [6.45, 7) is 0. The van der Waals surface area contributed by atoms with Crippen LogP contribution in [0.1, 0.15) is 0 Å². The second-order valence-corrected chi connectivity index (χ2v) is 6.25. The lowest BCUT2D eigenvalue weighted by Gasteiger charge is -2.19. The highest BCUT2D eigenvalue weighted by molar-refractivity contribution is 6.73. The third kappa shape index (κ3) is 2.69. The van der Waals surface area contributed by atoms with Crippen LogP contribution < -0.4 is 10.9 Å². The maximum atomic E-state index is 10.1. The van der Waals surface area contributed by atoms with Crippen molar-refractivity contribution in [2.45, 2.75) is 0 Å². The van der Waals surface area contributed by atoms with E-state index in [1.807, 2.05) is 66.7 Å². The Balaban J connectivity index is 2.22. The van der Waals surface area contributed by atoms with E-state index in [1.54, 1.807) is 6.07 Å². The van der Waals surface area contributed by atoms with E-state index in [-0.39, 0.29) is 10.9 Å². The average Bonchev–Trinajstić information content (AvgIpc) is 2.65. The molecule has 0 atom stereocenters. The van der Waals surface area contributed by atoms with Crippen LogP contribution in [-0.4, -0.2) is 34.3 Å². The summed E-state index contributed by atoms with van der Waals surface area (Å²) in [6, 6.07) is 22.7. The van der Waals surface area contributed by atoms with Crippen LogP contribution in [0.25, 0.3) is 32.7 Å². The number of fused-ring (bicyclic) bond motifs is 2. The second-order valence-electron chi connectivity index (χ2n) is 6.25. The van der Waals surface area contributed by atoms with Gasteiger partial charge in [-0.05, 0) is 43.6 Å². The number of benzene rings is 4. The van der Waals surface area contributed by atoms with Gasteiger partial charge in [-0.15, -0.1) is 0 Å². The largest absolute Gasteiger partial charge is 0.488 e. The summed E-state index contributed by atoms with van der Waals surface area (Å²) < 4.78 is 0. The minimum Gasteiger partial charge on any atom is -0.423 e. The third-order valence-corrected chi connectivity index (χ3v) is 4.72. The maximum absolute atomic E-state index is 10.1. The van der Waals surface area contributed by atoms with E-state index in [2.05, 4.69) is 0 Å². The summed E-state index contributed by atoms with van der Waals surface area (Å²) >= 11 is 0. The van der Waals surface area contributed by atoms with Crippen LogP contribution in [-0.2, 0) is 0 Å². The summed E-state index contributed by atoms with van der Waals surface area (Å²) in [6.07, 6.45) is 0. The van der Waals surface area contributed by atoms with E-state index in [4.69, 9.17) is 0 Å². The topological polar surface area (TPSA) is 80.9 Å². The molecular formula is C20H16B2O4. The van der Waals surface area contributed by atoms with Crippen molar-refractivity contribution >= 4 is 46.7 Å². The quantitative estimate of drug-likeness (QED) is 0.419. The lowest BCUT2D eigenvalue weighted by atomic mass is 9.62. The summed E-state index contributed by atoms with van der Waals surface area (Å²) in [5, 5.41) is 43.4. The summed E-state index contributed by atoms with van der Waals surface area (Å²) in [5.41, 5.74) is 1.60. The van der Waals surface area contributed by atoms with Gasteiger partial charge in [0, 0.05) is 0 Å². The fraction of sp³-hybridized carbons (Fsp3) is 0. The van der Waals surface area contributed by atoms with E-state index >= 15 is 0 Å². The van der Waals surface area contributed by atoms with Crippen molar-refractivity contribution in [2.24, 2.45) is 0 Å². The molecule has 0 spiro atoms. The van der Waals surface area contributed by atoms with Gasteiger partial charge in [0.1, 0.15) is 0 Å². The second kappa shape index (κ2) is 6.59. The first-order chi connectivity index (χ1) is 12.6. The molecule has 0 heterocycles. The molecule has 126 valence electrons. The van der Waals surface area contributed by atoms with Crippen LogP contribution in [0, 0.1) is 0 Å². The highest BCUT2D eigenvalue weighted by Gasteiger charge is 2.29. The third-order valence-electron chi connectivity index (χ3n) is 4.72. The lowest BCUT2D eigenvalue weighted by molar-refractivity contribution is 0.419. The average molecular weight is 342 g/mol. The Morgan fingerprint density at radius 3 is 1.88 bits per heavy atom. The van der Waals surface area contributed by atoms with Crippen molar-refractivity contribution in [3.05, 3.63) is 72.8 Å². The van der Waals surface area contributed by atoms with Gasteiger partial charge in [0.2, 0.25) is 0 Å². The first-order valence-electron chi connectivity index (χ1n) is 8.34. The lowest BCUT2D eigenvalue weighted by Crippen LogP contribution is -2.50. The van der Waals surface area contributed by atoms with Crippen molar-refractivity contribution in [1.82, 2.24) is 0 Å². The van der Waals surface area contributed by atoms with Crippen molar-refractivity contribution < 1.29 is 20.1 Å². The molecule has 0 fully saturated rings. The van der Waals surface area contributed by atoms with Crippen molar-refractivity contribution in [3.63, 3.8) is 0 Å². The van der Waals surface area contributed by atoms with Gasteiger partial charge in [-0.25, -0.2) is 0 Å². The highest BCUT2D eigenvalue weighted by atomic mass is 16.4. The number of hydrogen-bond acceptors (Lipinski definition) is 4. The van der Waals surface area contributed by atoms with Gasteiger partial charge in [-0.1, -0.05) is 72.8 Å². The molecular weight excluding hydrogens is 326 g/mol. The summed E-state index contributed by atoms with van der Waals surface area (Å²) in [7, 11) is -3.66. The van der Waals surface area contributed by atoms with Crippen LogP contribution in [0.5, 0.6) is 0 Å². The van der Waals surface area contributed by atoms with Crippen LogP contribution in [0.3, 0.4) is 0 Å². The summed E-state index contributed by atoms with van der Waals surface area (Å²) in [5.74, 6) is 0. The van der Waals surface area contributed by atoms with Crippen molar-refractivity contribution in [3.8, 4) is 11.1 Å². The molecule has 0 unspecified atom stereocenters. The fourth-order valence-corrected chi connectivity index (χ4v) is 3.61. The molecule has 4 nitrogen and oxygen atoms in total. The van der Waals surface area contributed by atoms with Gasteiger partial charge in [0.15, 0.2) is 0 Å². The molecule has 0 aromatic heterocycles. The molecule has 0 saturated heterocycles. The van der Waals surface area contributed by atoms with E-state index < -0.39 is 14.2 Å². The summed E-state index contributed by atoms with van der Waals surface area (Å²) in [4.78, 5) is 0. The molecule has 0 radical (unpaired) electrons. The zero-order valence-electron chi connectivity index (χ0n) is 13.9. The van der Waals surface area contributed by atoms with E-state index in [1.165, 1.54) is 0 Å². The Hall–Kier alpha value is -2.63. The van der Waals surface area contributed by atoms with E-state index in [0.717, 1.165) is 27.1 Å². The first-order valence-corrected chi connectivity index (χ1v) is 8.34. The minimum atomic E-state index is -1.84. The molecule has 0 saturated carbocycles. The van der Waals surface area contributed by atoms with E-state index in [9.17, 15) is 20.1 Å². The predicted molar refractivity (Wildman–Crippen MR) is 107 cm³/mol. The molecule has 0 aliphatic carbocycles. The molecule has 0 aliphatic heterocycles. The normalized spacial score (nSPS) is 11.1. The SMILES string of the molecule is OB(O)c1cc2ccccc2c(-c2cccc3ccccc23)c1B(O)O. The smallest absolute Gasteiger partial charge is 0.423 e. The van der Waals surface area contributed by atoms with Gasteiger partial charge < -0.3 is 20.1 Å². The molecule has 0 bridgehead atoms. The molecule has 4 rings (SSSR count). The Labute approximate surface area is 151 Å². The Kier molecular flexibility index (Phi) is 4.26. The van der Waals surface area contributed by atoms with Crippen molar-refractivity contribution in [1.29, 1.82) is 0 Å². The fourth-order valence-electron chi connectivity index (χ4n) is 3.61. The molecule has 4 aromatic rings. The van der Waals surface area contributed by atoms with Crippen LogP contribution in [0.15, 0.2) is 72.8 Å². The molecule has 0 amide bonds. The molecule has 6 heteroatoms. The van der Waals surface area contributed by atoms with Gasteiger partial charge in [0.25, 0.3) is 0 Å². The zero-order valence-corrected chi connectivity index (χ0v) is 13.9. The molecule has 4 N–H and O–H groups in total. The van der Waals surface area contributed by atoms with Gasteiger partial charge in [-0.3, -0.25) is 0 Å². The Morgan fingerprint density at radius 2 is 1.19 bits per heavy atom. The highest BCUT2D eigenvalue weighted by Crippen LogP contribution is 2.32. The number of hydrogen-bond donors (Lipinski definition) is 4. The zero-order chi connectivity index (χ0) is 18.3. The maximum Gasteiger partial charge on any atom is 0.488 e. The van der Waals surface area contributed by atoms with Crippen molar-refractivity contribution in [2.75, 3.05) is 0 Å². The Morgan fingerprint density at radius 1 is 0.577 bits per heavy atom. The molecule has 4 aromatic carbocycles. The first kappa shape index (κ1) is 16.8. The van der Waals surface area contributed by atoms with Gasteiger partial charge in [-0.2, -0.15) is 0 Å². The van der Waals surface area contributed by atoms with Gasteiger partial charge in [0.05, 0.1) is 0 Å². The van der Waals surface area contributed by atoms with Crippen LogP contribution in [0.2, 0.25) is 0 Å². The number of rotatable bonds is 3.